The lowest BCUT2D eigenvalue weighted by molar-refractivity contribution is -0.274. The van der Waals surface area contributed by atoms with E-state index in [4.69, 9.17) is 0 Å². The van der Waals surface area contributed by atoms with Crippen LogP contribution >= 0.6 is 12.4 Å². The SMILES string of the molecule is Cl.O=C(NCC(CO)Cc1ccc(OC(F)(F)F)cc1)C1CCNCC1. The molecule has 26 heavy (non-hydrogen) atoms. The molecule has 9 heteroatoms. The Morgan fingerprint density at radius 3 is 2.42 bits per heavy atom. The number of carbonyl (C=O) groups excluding carboxylic acids is 1. The number of amides is 1. The normalized spacial score (nSPS) is 16.5. The number of benzene rings is 1. The number of rotatable bonds is 7. The van der Waals surface area contributed by atoms with E-state index in [1.54, 1.807) is 0 Å². The summed E-state index contributed by atoms with van der Waals surface area (Å²) in [5, 5.41) is 15.5. The lowest BCUT2D eigenvalue weighted by Gasteiger charge is -2.23. The smallest absolute Gasteiger partial charge is 0.406 e. The Bertz CT molecular complexity index is 549. The van der Waals surface area contributed by atoms with Gasteiger partial charge < -0.3 is 20.5 Å². The van der Waals surface area contributed by atoms with Crippen molar-refractivity contribution in [2.45, 2.75) is 25.6 Å². The van der Waals surface area contributed by atoms with Crippen LogP contribution in [0.4, 0.5) is 13.2 Å². The molecule has 3 N–H and O–H groups in total. The summed E-state index contributed by atoms with van der Waals surface area (Å²) in [4.78, 5) is 12.1. The van der Waals surface area contributed by atoms with E-state index in [9.17, 15) is 23.1 Å². The summed E-state index contributed by atoms with van der Waals surface area (Å²) in [6.07, 6.45) is -2.66. The van der Waals surface area contributed by atoms with Crippen LogP contribution in [-0.4, -0.2) is 43.6 Å². The Morgan fingerprint density at radius 1 is 1.27 bits per heavy atom. The van der Waals surface area contributed by atoms with Crippen LogP contribution in [0.3, 0.4) is 0 Å². The van der Waals surface area contributed by atoms with Gasteiger partial charge in [-0.15, -0.1) is 25.6 Å². The van der Waals surface area contributed by atoms with Gasteiger partial charge in [0.1, 0.15) is 5.75 Å². The van der Waals surface area contributed by atoms with Crippen LogP contribution in [0.1, 0.15) is 18.4 Å². The first-order chi connectivity index (χ1) is 11.9. The first kappa shape index (κ1) is 22.5. The quantitative estimate of drug-likeness (QED) is 0.661. The molecule has 0 radical (unpaired) electrons. The van der Waals surface area contributed by atoms with E-state index in [2.05, 4.69) is 15.4 Å². The van der Waals surface area contributed by atoms with Crippen LogP contribution in [0.25, 0.3) is 0 Å². The fraction of sp³-hybridized carbons (Fsp3) is 0.588. The van der Waals surface area contributed by atoms with E-state index in [0.29, 0.717) is 13.0 Å². The Balaban J connectivity index is 0.00000338. The molecular formula is C17H24ClF3N2O3. The molecule has 1 aromatic carbocycles. The van der Waals surface area contributed by atoms with Crippen LogP contribution < -0.4 is 15.4 Å². The number of ether oxygens (including phenoxy) is 1. The molecule has 1 heterocycles. The molecular weight excluding hydrogens is 373 g/mol. The zero-order chi connectivity index (χ0) is 18.3. The number of aliphatic hydroxyl groups excluding tert-OH is 1. The van der Waals surface area contributed by atoms with Gasteiger partial charge in [0.15, 0.2) is 0 Å². The maximum absolute atomic E-state index is 12.1. The lowest BCUT2D eigenvalue weighted by Crippen LogP contribution is -2.40. The van der Waals surface area contributed by atoms with Gasteiger partial charge in [0.25, 0.3) is 0 Å². The van der Waals surface area contributed by atoms with E-state index in [1.165, 1.54) is 24.3 Å². The van der Waals surface area contributed by atoms with Crippen molar-refractivity contribution in [2.75, 3.05) is 26.2 Å². The Labute approximate surface area is 156 Å². The number of piperidine rings is 1. The topological polar surface area (TPSA) is 70.6 Å². The van der Waals surface area contributed by atoms with Crippen molar-refractivity contribution < 1.29 is 27.8 Å². The molecule has 2 rings (SSSR count). The third-order valence-electron chi connectivity index (χ3n) is 4.21. The van der Waals surface area contributed by atoms with Gasteiger partial charge in [-0.25, -0.2) is 0 Å². The first-order valence-electron chi connectivity index (χ1n) is 8.31. The molecule has 0 aliphatic carbocycles. The molecule has 5 nitrogen and oxygen atoms in total. The van der Waals surface area contributed by atoms with Gasteiger partial charge in [0, 0.05) is 25.0 Å². The summed E-state index contributed by atoms with van der Waals surface area (Å²) in [6, 6.07) is 5.53. The van der Waals surface area contributed by atoms with E-state index in [-0.39, 0.29) is 42.5 Å². The van der Waals surface area contributed by atoms with Crippen LogP contribution in [0.2, 0.25) is 0 Å². The number of nitrogens with one attached hydrogen (secondary N) is 2. The van der Waals surface area contributed by atoms with Gasteiger partial charge in [-0.05, 0) is 50.0 Å². The minimum Gasteiger partial charge on any atom is -0.406 e. The average Bonchev–Trinajstić information content (AvgIpc) is 2.59. The van der Waals surface area contributed by atoms with Crippen LogP contribution in [0.15, 0.2) is 24.3 Å². The molecule has 0 bridgehead atoms. The van der Waals surface area contributed by atoms with E-state index >= 15 is 0 Å². The van der Waals surface area contributed by atoms with Gasteiger partial charge >= 0.3 is 6.36 Å². The molecule has 1 amide bonds. The highest BCUT2D eigenvalue weighted by Crippen LogP contribution is 2.23. The molecule has 1 unspecified atom stereocenters. The van der Waals surface area contributed by atoms with Crippen LogP contribution in [0, 0.1) is 11.8 Å². The summed E-state index contributed by atoms with van der Waals surface area (Å²) >= 11 is 0. The third-order valence-corrected chi connectivity index (χ3v) is 4.21. The van der Waals surface area contributed by atoms with Gasteiger partial charge in [-0.2, -0.15) is 0 Å². The zero-order valence-electron chi connectivity index (χ0n) is 14.2. The molecule has 0 spiro atoms. The summed E-state index contributed by atoms with van der Waals surface area (Å²) in [7, 11) is 0. The van der Waals surface area contributed by atoms with Gasteiger partial charge in [-0.1, -0.05) is 12.1 Å². The molecule has 148 valence electrons. The Kier molecular flexibility index (Phi) is 9.18. The number of aliphatic hydroxyl groups is 1. The third kappa shape index (κ3) is 7.80. The van der Waals surface area contributed by atoms with Crippen molar-refractivity contribution in [3.8, 4) is 5.75 Å². The fourth-order valence-electron chi connectivity index (χ4n) is 2.84. The summed E-state index contributed by atoms with van der Waals surface area (Å²) in [6.45, 7) is 1.87. The van der Waals surface area contributed by atoms with Crippen molar-refractivity contribution in [1.82, 2.24) is 10.6 Å². The highest BCUT2D eigenvalue weighted by atomic mass is 35.5. The molecule has 0 aromatic heterocycles. The molecule has 0 saturated carbocycles. The van der Waals surface area contributed by atoms with Crippen molar-refractivity contribution in [2.24, 2.45) is 11.8 Å². The molecule has 1 fully saturated rings. The van der Waals surface area contributed by atoms with E-state index in [1.807, 2.05) is 0 Å². The number of alkyl halides is 3. The van der Waals surface area contributed by atoms with Gasteiger partial charge in [0.2, 0.25) is 5.91 Å². The number of hydrogen-bond acceptors (Lipinski definition) is 4. The minimum atomic E-state index is -4.71. The van der Waals surface area contributed by atoms with Crippen molar-refractivity contribution in [1.29, 1.82) is 0 Å². The zero-order valence-corrected chi connectivity index (χ0v) is 15.0. The Hall–Kier alpha value is -1.51. The summed E-state index contributed by atoms with van der Waals surface area (Å²) < 4.78 is 40.2. The van der Waals surface area contributed by atoms with Crippen LogP contribution in [-0.2, 0) is 11.2 Å². The van der Waals surface area contributed by atoms with Crippen molar-refractivity contribution in [3.05, 3.63) is 29.8 Å². The van der Waals surface area contributed by atoms with E-state index in [0.717, 1.165) is 31.5 Å². The Morgan fingerprint density at radius 2 is 1.88 bits per heavy atom. The van der Waals surface area contributed by atoms with Crippen LogP contribution in [0.5, 0.6) is 5.75 Å². The predicted octanol–water partition coefficient (Wildman–Crippen LogP) is 2.27. The number of carbonyl (C=O) groups is 1. The molecule has 1 atom stereocenters. The van der Waals surface area contributed by atoms with Crippen molar-refractivity contribution in [3.63, 3.8) is 0 Å². The second-order valence-electron chi connectivity index (χ2n) is 6.21. The minimum absolute atomic E-state index is 0. The highest BCUT2D eigenvalue weighted by molar-refractivity contribution is 5.85. The fourth-order valence-corrected chi connectivity index (χ4v) is 2.84. The molecule has 1 aliphatic rings. The first-order valence-corrected chi connectivity index (χ1v) is 8.31. The standard InChI is InChI=1S/C17H23F3N2O3.ClH/c18-17(19,20)25-15-3-1-12(2-4-15)9-13(11-23)10-22-16(24)14-5-7-21-8-6-14;/h1-4,13-14,21,23H,5-11H2,(H,22,24);1H. The van der Waals surface area contributed by atoms with Crippen molar-refractivity contribution >= 4 is 18.3 Å². The second-order valence-corrected chi connectivity index (χ2v) is 6.21. The molecule has 1 aromatic rings. The highest BCUT2D eigenvalue weighted by Gasteiger charge is 2.31. The van der Waals surface area contributed by atoms with Gasteiger partial charge in [-0.3, -0.25) is 4.79 Å². The largest absolute Gasteiger partial charge is 0.573 e. The lowest BCUT2D eigenvalue weighted by atomic mass is 9.96. The number of hydrogen-bond donors (Lipinski definition) is 3. The molecule has 1 aliphatic heterocycles. The maximum atomic E-state index is 12.1. The predicted molar refractivity (Wildman–Crippen MR) is 93.3 cm³/mol. The second kappa shape index (κ2) is 10.6. The average molecular weight is 397 g/mol. The summed E-state index contributed by atoms with van der Waals surface area (Å²) in [5.74, 6) is -0.482. The monoisotopic (exact) mass is 396 g/mol. The van der Waals surface area contributed by atoms with E-state index < -0.39 is 6.36 Å². The summed E-state index contributed by atoms with van der Waals surface area (Å²) in [5.41, 5.74) is 0.768. The van der Waals surface area contributed by atoms with Gasteiger partial charge in [0.05, 0.1) is 0 Å². The molecule has 1 saturated heterocycles. The maximum Gasteiger partial charge on any atom is 0.573 e. The number of halogens is 4.